The van der Waals surface area contributed by atoms with Crippen LogP contribution in [0.5, 0.6) is 0 Å². The fraction of sp³-hybridized carbons (Fsp3) is 0.609. The molecule has 1 aromatic rings. The molecule has 0 bridgehead atoms. The fourth-order valence-electron chi connectivity index (χ4n) is 4.05. The normalized spacial score (nSPS) is 19.1. The Morgan fingerprint density at radius 2 is 1.71 bits per heavy atom. The minimum absolute atomic E-state index is 0.103. The maximum Gasteiger partial charge on any atom is 0.350 e. The van der Waals surface area contributed by atoms with Gasteiger partial charge in [0.2, 0.25) is 0 Å². The maximum atomic E-state index is 13.4. The summed E-state index contributed by atoms with van der Waals surface area (Å²) in [7, 11) is -4.56. The van der Waals surface area contributed by atoms with Crippen molar-refractivity contribution in [3.05, 3.63) is 35.9 Å². The molecule has 1 saturated heterocycles. The number of aliphatic carboxylic acids is 1. The number of unbranched alkanes of at least 4 members (excludes halogenated alkanes) is 2. The maximum absolute atomic E-state index is 13.4. The van der Waals surface area contributed by atoms with Crippen molar-refractivity contribution in [3.63, 3.8) is 0 Å². The summed E-state index contributed by atoms with van der Waals surface area (Å²) in [5.41, 5.74) is 11.4. The average Bonchev–Trinajstić information content (AvgIpc) is 3.33. The number of likely N-dealkylation sites (tertiary alicyclic amines) is 1. The first kappa shape index (κ1) is 28.9. The smallest absolute Gasteiger partial charge is 0.350 e. The van der Waals surface area contributed by atoms with Gasteiger partial charge in [-0.15, -0.1) is 0 Å². The van der Waals surface area contributed by atoms with Gasteiger partial charge in [0.05, 0.1) is 0 Å². The van der Waals surface area contributed by atoms with Gasteiger partial charge in [0, 0.05) is 12.1 Å². The van der Waals surface area contributed by atoms with Crippen molar-refractivity contribution in [2.75, 3.05) is 19.6 Å². The number of nitrogens with zero attached hydrogens (tertiary/aromatic N) is 1. The van der Waals surface area contributed by atoms with Crippen molar-refractivity contribution in [1.29, 1.82) is 0 Å². The van der Waals surface area contributed by atoms with Crippen LogP contribution in [0, 0.1) is 0 Å². The molecule has 0 aliphatic carbocycles. The van der Waals surface area contributed by atoms with Gasteiger partial charge in [0.25, 0.3) is 11.8 Å². The molecule has 0 aromatic heterocycles. The second kappa shape index (κ2) is 14.3. The third-order valence-corrected chi connectivity index (χ3v) is 7.69. The molecule has 1 aromatic carbocycles. The number of nitrogens with two attached hydrogens (primary N) is 2. The van der Waals surface area contributed by atoms with Crippen LogP contribution < -0.4 is 16.8 Å². The largest absolute Gasteiger partial charge is 0.480 e. The van der Waals surface area contributed by atoms with Gasteiger partial charge < -0.3 is 31.7 Å². The lowest BCUT2D eigenvalue weighted by atomic mass is 10.1. The van der Waals surface area contributed by atoms with Crippen molar-refractivity contribution >= 4 is 25.4 Å². The molecule has 35 heavy (non-hydrogen) atoms. The fourth-order valence-corrected chi connectivity index (χ4v) is 5.54. The third-order valence-electron chi connectivity index (χ3n) is 5.95. The molecular formula is C23H37N4O7P. The highest BCUT2D eigenvalue weighted by Crippen LogP contribution is 2.50. The Morgan fingerprint density at radius 1 is 1.09 bits per heavy atom. The molecule has 12 heteroatoms. The van der Waals surface area contributed by atoms with Crippen molar-refractivity contribution in [1.82, 2.24) is 10.2 Å². The van der Waals surface area contributed by atoms with Crippen LogP contribution in [0.15, 0.2) is 30.3 Å². The predicted octanol–water partition coefficient (Wildman–Crippen LogP) is 1.65. The number of carboxylic acid groups (broad SMARTS) is 1. The highest BCUT2D eigenvalue weighted by atomic mass is 31.2. The van der Waals surface area contributed by atoms with Gasteiger partial charge in [-0.1, -0.05) is 18.2 Å². The molecule has 196 valence electrons. The summed E-state index contributed by atoms with van der Waals surface area (Å²) in [6.45, 7) is 0.975. The van der Waals surface area contributed by atoms with Crippen molar-refractivity contribution in [2.24, 2.45) is 11.5 Å². The Morgan fingerprint density at radius 3 is 2.31 bits per heavy atom. The molecule has 1 aliphatic rings. The summed E-state index contributed by atoms with van der Waals surface area (Å²) < 4.78 is 19.0. The monoisotopic (exact) mass is 512 g/mol. The summed E-state index contributed by atoms with van der Waals surface area (Å²) in [5, 5.41) is 12.0. The van der Waals surface area contributed by atoms with Crippen molar-refractivity contribution < 1.29 is 33.5 Å². The quantitative estimate of drug-likeness (QED) is 0.172. The number of carboxylic acids is 1. The summed E-state index contributed by atoms with van der Waals surface area (Å²) in [6.07, 6.45) is 1.77. The Kier molecular flexibility index (Phi) is 11.8. The van der Waals surface area contributed by atoms with Gasteiger partial charge in [0.15, 0.2) is 0 Å². The van der Waals surface area contributed by atoms with E-state index in [1.54, 1.807) is 30.3 Å². The molecular weight excluding hydrogens is 475 g/mol. The number of amides is 2. The van der Waals surface area contributed by atoms with Crippen LogP contribution in [0.25, 0.3) is 0 Å². The van der Waals surface area contributed by atoms with Crippen LogP contribution in [0.3, 0.4) is 0 Å². The SMILES string of the molecule is NCCCCC(NC(=O)c1ccccc1)P(=O)(O)O[C@@H](CCCCN)C(=O)N1CCC[C@H]1C(=O)O. The number of hydrogen-bond donors (Lipinski definition) is 5. The van der Waals surface area contributed by atoms with Crippen LogP contribution in [0.4, 0.5) is 0 Å². The van der Waals surface area contributed by atoms with E-state index >= 15 is 0 Å². The number of carbonyl (C=O) groups excluding carboxylic acids is 2. The molecule has 2 unspecified atom stereocenters. The minimum Gasteiger partial charge on any atom is -0.480 e. The van der Waals surface area contributed by atoms with Crippen LogP contribution in [-0.2, 0) is 18.7 Å². The molecule has 7 N–H and O–H groups in total. The number of carbonyl (C=O) groups is 3. The van der Waals surface area contributed by atoms with Gasteiger partial charge in [-0.3, -0.25) is 18.7 Å². The van der Waals surface area contributed by atoms with E-state index in [2.05, 4.69) is 5.32 Å². The predicted molar refractivity (Wildman–Crippen MR) is 131 cm³/mol. The summed E-state index contributed by atoms with van der Waals surface area (Å²) in [5.74, 6) is -3.58. The summed E-state index contributed by atoms with van der Waals surface area (Å²) >= 11 is 0. The van der Waals surface area contributed by atoms with E-state index in [4.69, 9.17) is 16.0 Å². The van der Waals surface area contributed by atoms with Gasteiger partial charge in [-0.25, -0.2) is 4.79 Å². The van der Waals surface area contributed by atoms with E-state index in [1.165, 1.54) is 4.90 Å². The van der Waals surface area contributed by atoms with Crippen LogP contribution >= 0.6 is 7.60 Å². The molecule has 0 radical (unpaired) electrons. The molecule has 4 atom stereocenters. The lowest BCUT2D eigenvalue weighted by Gasteiger charge is -2.30. The lowest BCUT2D eigenvalue weighted by molar-refractivity contribution is -0.151. The Balaban J connectivity index is 2.24. The average molecular weight is 513 g/mol. The molecule has 11 nitrogen and oxygen atoms in total. The standard InChI is InChI=1S/C23H37N4O7P/c24-14-6-4-12-19(22(29)27-16-8-11-18(27)23(30)31)34-35(32,33)20(13-5-7-15-25)26-21(28)17-9-2-1-3-10-17/h1-3,9-10,18-20H,4-8,11-16,24-25H2,(H,26,28)(H,30,31)(H,32,33)/t18-,19-,20?/m0/s1. The summed E-state index contributed by atoms with van der Waals surface area (Å²) in [4.78, 5) is 49.7. The Bertz CT molecular complexity index is 886. The number of hydrogen-bond acceptors (Lipinski definition) is 7. The molecule has 1 fully saturated rings. The molecule has 1 aliphatic heterocycles. The van der Waals surface area contributed by atoms with Gasteiger partial charge >= 0.3 is 13.6 Å². The van der Waals surface area contributed by atoms with E-state index in [-0.39, 0.29) is 19.4 Å². The van der Waals surface area contributed by atoms with Crippen molar-refractivity contribution in [3.8, 4) is 0 Å². The van der Waals surface area contributed by atoms with Crippen LogP contribution in [-0.4, -0.2) is 70.2 Å². The molecule has 0 saturated carbocycles. The second-order valence-corrected chi connectivity index (χ2v) is 10.6. The third kappa shape index (κ3) is 8.70. The summed E-state index contributed by atoms with van der Waals surface area (Å²) in [6, 6.07) is 7.25. The number of nitrogens with one attached hydrogen (secondary N) is 1. The van der Waals surface area contributed by atoms with E-state index < -0.39 is 43.3 Å². The van der Waals surface area contributed by atoms with Gasteiger partial charge in [0.1, 0.15) is 17.9 Å². The van der Waals surface area contributed by atoms with Gasteiger partial charge in [-0.05, 0) is 76.6 Å². The number of rotatable bonds is 15. The zero-order valence-corrected chi connectivity index (χ0v) is 20.8. The van der Waals surface area contributed by atoms with Gasteiger partial charge in [-0.2, -0.15) is 0 Å². The lowest BCUT2D eigenvalue weighted by Crippen LogP contribution is -2.46. The first-order valence-electron chi connectivity index (χ1n) is 12.0. The molecule has 1 heterocycles. The second-order valence-electron chi connectivity index (χ2n) is 8.61. The van der Waals surface area contributed by atoms with Crippen LogP contribution in [0.1, 0.15) is 61.7 Å². The highest BCUT2D eigenvalue weighted by Gasteiger charge is 2.42. The van der Waals surface area contributed by atoms with E-state index in [0.29, 0.717) is 57.2 Å². The molecule has 0 spiro atoms. The topological polar surface area (TPSA) is 185 Å². The minimum atomic E-state index is -4.56. The van der Waals surface area contributed by atoms with Crippen LogP contribution in [0.2, 0.25) is 0 Å². The number of benzene rings is 1. The zero-order valence-electron chi connectivity index (χ0n) is 19.9. The van der Waals surface area contributed by atoms with E-state index in [1.807, 2.05) is 0 Å². The highest BCUT2D eigenvalue weighted by molar-refractivity contribution is 7.53. The molecule has 2 rings (SSSR count). The Hall–Kier alpha value is -2.30. The van der Waals surface area contributed by atoms with E-state index in [9.17, 15) is 28.9 Å². The Labute approximate surface area is 205 Å². The zero-order chi connectivity index (χ0) is 25.8. The molecule has 2 amide bonds. The first-order chi connectivity index (χ1) is 16.7. The first-order valence-corrected chi connectivity index (χ1v) is 13.7. The van der Waals surface area contributed by atoms with E-state index in [0.717, 1.165) is 0 Å². The van der Waals surface area contributed by atoms with Crippen molar-refractivity contribution in [2.45, 2.75) is 69.3 Å².